The van der Waals surface area contributed by atoms with Crippen molar-refractivity contribution in [3.8, 4) is 11.3 Å². The smallest absolute Gasteiger partial charge is 0.406 e. The van der Waals surface area contributed by atoms with Gasteiger partial charge in [-0.15, -0.1) is 0 Å². The maximum atomic E-state index is 15.1. The highest BCUT2D eigenvalue weighted by Gasteiger charge is 2.55. The minimum absolute atomic E-state index is 0.00565. The molecule has 3 aromatic rings. The third-order valence-electron chi connectivity index (χ3n) is 17.9. The fourth-order valence-electron chi connectivity index (χ4n) is 13.8. The third-order valence-corrected chi connectivity index (χ3v) is 17.9. The lowest BCUT2D eigenvalue weighted by atomic mass is 9.84. The van der Waals surface area contributed by atoms with Crippen molar-refractivity contribution in [1.29, 1.82) is 0 Å². The maximum absolute atomic E-state index is 15.1. The van der Waals surface area contributed by atoms with Crippen molar-refractivity contribution >= 4 is 34.6 Å². The second-order valence-electron chi connectivity index (χ2n) is 23.9. The summed E-state index contributed by atoms with van der Waals surface area (Å²) in [5.74, 6) is 0.0465. The molecule has 11 rings (SSSR count). The van der Waals surface area contributed by atoms with Crippen LogP contribution in [0.4, 0.5) is 13.2 Å². The van der Waals surface area contributed by atoms with Gasteiger partial charge in [-0.2, -0.15) is 13.2 Å². The second kappa shape index (κ2) is 19.8. The number of hydrogen-bond acceptors (Lipinski definition) is 11. The number of fused-ring (bicyclic) bond motifs is 6. The number of benzene rings is 1. The Morgan fingerprint density at radius 3 is 2.53 bits per heavy atom. The first-order valence-electron chi connectivity index (χ1n) is 27.2. The molecule has 9 atom stereocenters. The maximum Gasteiger partial charge on any atom is 0.406 e. The first-order chi connectivity index (χ1) is 35.0. The lowest BCUT2D eigenvalue weighted by Crippen LogP contribution is -2.63. The average molecular weight is 1010 g/mol. The highest BCUT2D eigenvalue weighted by atomic mass is 19.4. The molecular formula is C55H74F3N9O6. The Bertz CT molecular complexity index is 2600. The molecule has 2 aromatic heterocycles. The van der Waals surface area contributed by atoms with Crippen LogP contribution in [-0.4, -0.2) is 155 Å². The number of carbonyl (C=O) groups is 4. The zero-order chi connectivity index (χ0) is 51.0. The largest absolute Gasteiger partial charge is 0.464 e. The van der Waals surface area contributed by atoms with E-state index in [-0.39, 0.29) is 60.6 Å². The monoisotopic (exact) mass is 1010 g/mol. The number of esters is 1. The Morgan fingerprint density at radius 1 is 0.973 bits per heavy atom. The molecule has 5 saturated heterocycles. The molecule has 3 N–H and O–H groups in total. The zero-order valence-electron chi connectivity index (χ0n) is 43.0. The molecule has 1 aromatic carbocycles. The van der Waals surface area contributed by atoms with Gasteiger partial charge in [0.15, 0.2) is 0 Å². The number of alkyl halides is 3. The Kier molecular flexibility index (Phi) is 13.7. The van der Waals surface area contributed by atoms with Crippen LogP contribution in [-0.2, 0) is 41.6 Å². The van der Waals surface area contributed by atoms with Gasteiger partial charge in [-0.1, -0.05) is 32.8 Å². The standard InChI is InChI=1S/C55H74F3N9O6/c1-33(72-4)44-38(11-7-20-59-44)48-40-26-53(2,3)32-73-52(71)41-12-8-21-67(62-41)50(69)42(28-63-22-17-37(27-63)36-15-16-43(39(40)25-36)66(48)31-55(56,57)58)60-49(68)47(35-9-5-6-10-35)64-23-18-54(29-64)19-24-65(30-54)51(70)46-45(61-46)34-13-14-34/h7,11,15-16,20,25,33-35,37,41-42,45-47,61-62H,5-6,8-10,12-14,17-19,21-24,26-32H2,1-4H3,(H,60,68)/t33-,37+,41-,42-,45+,46+,47-,54-/m0/s1. The molecule has 7 fully saturated rings. The van der Waals surface area contributed by atoms with Gasteiger partial charge >= 0.3 is 12.1 Å². The van der Waals surface area contributed by atoms with E-state index in [1.54, 1.807) is 25.4 Å². The molecule has 6 aliphatic heterocycles. The van der Waals surface area contributed by atoms with Crippen LogP contribution in [0.5, 0.6) is 0 Å². The number of nitrogens with one attached hydrogen (secondary N) is 3. The molecule has 0 radical (unpaired) electrons. The summed E-state index contributed by atoms with van der Waals surface area (Å²) >= 11 is 0. The second-order valence-corrected chi connectivity index (χ2v) is 23.9. The summed E-state index contributed by atoms with van der Waals surface area (Å²) in [5.41, 5.74) is 6.01. The Morgan fingerprint density at radius 2 is 1.77 bits per heavy atom. The van der Waals surface area contributed by atoms with Crippen LogP contribution in [0.2, 0.25) is 0 Å². The lowest BCUT2D eigenvalue weighted by Gasteiger charge is -2.38. The van der Waals surface area contributed by atoms with Crippen LogP contribution in [0.1, 0.15) is 120 Å². The van der Waals surface area contributed by atoms with E-state index in [2.05, 4.69) is 35.7 Å². The number of pyridine rings is 1. The molecular weight excluding hydrogens is 940 g/mol. The molecule has 3 amide bonds. The summed E-state index contributed by atoms with van der Waals surface area (Å²) < 4.78 is 57.4. The molecule has 2 aliphatic carbocycles. The minimum atomic E-state index is -4.54. The molecule has 8 aliphatic rings. The van der Waals surface area contributed by atoms with Gasteiger partial charge in [0, 0.05) is 85.9 Å². The lowest BCUT2D eigenvalue weighted by molar-refractivity contribution is -0.155. The molecule has 73 heavy (non-hydrogen) atoms. The molecule has 2 saturated carbocycles. The van der Waals surface area contributed by atoms with Gasteiger partial charge in [0.25, 0.3) is 5.91 Å². The van der Waals surface area contributed by atoms with Gasteiger partial charge in [0.2, 0.25) is 11.8 Å². The number of aromatic nitrogens is 2. The number of likely N-dealkylation sites (tertiary alicyclic amines) is 2. The zero-order valence-corrected chi connectivity index (χ0v) is 43.0. The van der Waals surface area contributed by atoms with Crippen LogP contribution in [0.3, 0.4) is 0 Å². The van der Waals surface area contributed by atoms with Gasteiger partial charge in [0.1, 0.15) is 24.7 Å². The minimum Gasteiger partial charge on any atom is -0.464 e. The van der Waals surface area contributed by atoms with E-state index in [9.17, 15) is 27.6 Å². The van der Waals surface area contributed by atoms with E-state index in [0.717, 1.165) is 70.1 Å². The highest BCUT2D eigenvalue weighted by molar-refractivity contribution is 5.94. The van der Waals surface area contributed by atoms with Crippen LogP contribution in [0, 0.1) is 22.7 Å². The summed E-state index contributed by atoms with van der Waals surface area (Å²) in [6, 6.07) is 7.46. The van der Waals surface area contributed by atoms with Gasteiger partial charge in [-0.3, -0.25) is 39.4 Å². The number of ether oxygens (including phenoxy) is 2. The van der Waals surface area contributed by atoms with E-state index in [1.165, 1.54) is 22.4 Å². The van der Waals surface area contributed by atoms with Crippen LogP contribution >= 0.6 is 0 Å². The van der Waals surface area contributed by atoms with Gasteiger partial charge in [-0.25, -0.2) is 5.43 Å². The van der Waals surface area contributed by atoms with Crippen molar-refractivity contribution in [3.63, 3.8) is 0 Å². The molecule has 1 unspecified atom stereocenters. The topological polar surface area (TPSA) is 164 Å². The van der Waals surface area contributed by atoms with Crippen molar-refractivity contribution in [2.75, 3.05) is 66.1 Å². The number of amides is 3. The summed E-state index contributed by atoms with van der Waals surface area (Å²) in [5, 5.41) is 8.98. The molecule has 6 bridgehead atoms. The van der Waals surface area contributed by atoms with E-state index in [0.29, 0.717) is 84.4 Å². The average Bonchev–Trinajstić information content (AvgIpc) is 4.04. The first-order valence-corrected chi connectivity index (χ1v) is 27.2. The Balaban J connectivity index is 0.898. The molecule has 8 heterocycles. The number of hydrazine groups is 1. The summed E-state index contributed by atoms with van der Waals surface area (Å²) in [6.07, 6.45) is 6.81. The van der Waals surface area contributed by atoms with Crippen molar-refractivity contribution in [2.45, 2.75) is 153 Å². The number of nitrogens with zero attached hydrogens (tertiary/aromatic N) is 6. The number of rotatable bonds is 10. The molecule has 15 nitrogen and oxygen atoms in total. The van der Waals surface area contributed by atoms with Crippen molar-refractivity contribution in [1.82, 2.24) is 45.3 Å². The molecule has 18 heteroatoms. The normalized spacial score (nSPS) is 31.0. The molecule has 1 spiro atoms. The van der Waals surface area contributed by atoms with Crippen LogP contribution < -0.4 is 16.1 Å². The van der Waals surface area contributed by atoms with Gasteiger partial charge in [-0.05, 0) is 137 Å². The highest BCUT2D eigenvalue weighted by Crippen LogP contribution is 2.46. The summed E-state index contributed by atoms with van der Waals surface area (Å²) in [6.45, 7) is 9.27. The predicted molar refractivity (Wildman–Crippen MR) is 268 cm³/mol. The number of halogens is 3. The van der Waals surface area contributed by atoms with Crippen molar-refractivity contribution in [2.24, 2.45) is 22.7 Å². The SMILES string of the molecule is CO[C@@H](C)c1ncccc1-c1c2c3cc(ccc3n1CC(F)(F)F)[C@@H]1CCN(C1)C[C@H](NC(=O)[C@H](C1CCCC1)N1CC[C@]3(CCN(C(=O)[C@@H]4N[C@@H]4C4CC4)C3)C1)C(=O)N1CCC[C@H](N1)C(=O)OCC(C)(C)C2. The van der Waals surface area contributed by atoms with E-state index < -0.39 is 48.3 Å². The Hall–Kier alpha value is -4.62. The van der Waals surface area contributed by atoms with Gasteiger partial charge in [0.05, 0.1) is 30.1 Å². The van der Waals surface area contributed by atoms with Crippen molar-refractivity contribution in [3.05, 3.63) is 53.3 Å². The summed E-state index contributed by atoms with van der Waals surface area (Å²) in [4.78, 5) is 69.0. The van der Waals surface area contributed by atoms with E-state index in [4.69, 9.17) is 9.47 Å². The van der Waals surface area contributed by atoms with Gasteiger partial charge < -0.3 is 29.2 Å². The fourth-order valence-corrected chi connectivity index (χ4v) is 13.8. The quantitative estimate of drug-likeness (QED) is 0.159. The number of cyclic esters (lactones) is 1. The van der Waals surface area contributed by atoms with E-state index in [1.807, 2.05) is 39.0 Å². The number of methoxy groups -OCH3 is 1. The number of hydrogen-bond donors (Lipinski definition) is 3. The van der Waals surface area contributed by atoms with Crippen molar-refractivity contribution < 1.29 is 41.8 Å². The van der Waals surface area contributed by atoms with E-state index >= 15 is 4.79 Å². The first kappa shape index (κ1) is 50.5. The predicted octanol–water partition coefficient (Wildman–Crippen LogP) is 6.10. The Labute approximate surface area is 426 Å². The number of carbonyl (C=O) groups excluding carboxylic acids is 4. The fraction of sp³-hybridized carbons (Fsp3) is 0.691. The van der Waals surface area contributed by atoms with Crippen LogP contribution in [0.15, 0.2) is 36.5 Å². The molecule has 396 valence electrons. The third kappa shape index (κ3) is 10.4. The summed E-state index contributed by atoms with van der Waals surface area (Å²) in [7, 11) is 1.55. The van der Waals surface area contributed by atoms with Crippen LogP contribution in [0.25, 0.3) is 22.2 Å².